The minimum atomic E-state index is -0.220. The van der Waals surface area contributed by atoms with Gasteiger partial charge in [-0.15, -0.1) is 11.3 Å². The molecule has 2 aromatic rings. The first kappa shape index (κ1) is 14.8. The smallest absolute Gasteiger partial charge is 0.242 e. The number of hydrogen-bond donors (Lipinski definition) is 1. The van der Waals surface area contributed by atoms with Crippen LogP contribution in [0.5, 0.6) is 0 Å². The number of rotatable bonds is 3. The van der Waals surface area contributed by atoms with E-state index in [0.29, 0.717) is 10.6 Å². The van der Waals surface area contributed by atoms with Crippen molar-refractivity contribution in [2.45, 2.75) is 25.9 Å². The number of nitrogens with one attached hydrogen (secondary N) is 1. The fraction of sp³-hybridized carbons (Fsp3) is 0.294. The molecule has 0 saturated carbocycles. The lowest BCUT2D eigenvalue weighted by Crippen LogP contribution is -2.44. The highest BCUT2D eigenvalue weighted by molar-refractivity contribution is 7.14. The summed E-state index contributed by atoms with van der Waals surface area (Å²) < 4.78 is 0. The number of nitriles is 1. The molecule has 1 aromatic heterocycles. The molecular formula is C17H17N3OS. The van der Waals surface area contributed by atoms with Gasteiger partial charge < -0.3 is 5.32 Å². The lowest BCUT2D eigenvalue weighted by Gasteiger charge is -2.32. The van der Waals surface area contributed by atoms with E-state index < -0.39 is 0 Å². The molecule has 112 valence electrons. The summed E-state index contributed by atoms with van der Waals surface area (Å²) in [5, 5.41) is 14.3. The Morgan fingerprint density at radius 1 is 1.36 bits per heavy atom. The number of carbonyl (C=O) groups excluding carboxylic acids is 1. The number of thiophene rings is 1. The molecule has 0 radical (unpaired) electrons. The van der Waals surface area contributed by atoms with Gasteiger partial charge in [0.25, 0.3) is 0 Å². The van der Waals surface area contributed by atoms with Gasteiger partial charge in [0.2, 0.25) is 5.91 Å². The van der Waals surface area contributed by atoms with Crippen LogP contribution in [-0.2, 0) is 17.8 Å². The summed E-state index contributed by atoms with van der Waals surface area (Å²) in [7, 11) is 0. The van der Waals surface area contributed by atoms with Gasteiger partial charge in [-0.1, -0.05) is 24.3 Å². The van der Waals surface area contributed by atoms with Crippen molar-refractivity contribution < 1.29 is 4.79 Å². The molecule has 22 heavy (non-hydrogen) atoms. The molecule has 0 bridgehead atoms. The predicted molar refractivity (Wildman–Crippen MR) is 87.7 cm³/mol. The van der Waals surface area contributed by atoms with Crippen molar-refractivity contribution in [3.63, 3.8) is 0 Å². The Morgan fingerprint density at radius 3 is 2.91 bits per heavy atom. The molecule has 0 aliphatic carbocycles. The van der Waals surface area contributed by atoms with Crippen LogP contribution in [-0.4, -0.2) is 23.4 Å². The fourth-order valence-electron chi connectivity index (χ4n) is 2.72. The SMILES string of the molecule is CC(C(=O)Nc1sccc1C#N)N1CCc2ccccc2C1. The Balaban J connectivity index is 1.68. The lowest BCUT2D eigenvalue weighted by atomic mass is 9.99. The van der Waals surface area contributed by atoms with Gasteiger partial charge in [-0.2, -0.15) is 5.26 Å². The van der Waals surface area contributed by atoms with E-state index >= 15 is 0 Å². The van der Waals surface area contributed by atoms with Crippen LogP contribution in [0, 0.1) is 11.3 Å². The average molecular weight is 311 g/mol. The number of benzene rings is 1. The van der Waals surface area contributed by atoms with Crippen LogP contribution < -0.4 is 5.32 Å². The van der Waals surface area contributed by atoms with Crippen LogP contribution in [0.4, 0.5) is 5.00 Å². The second-order valence-corrected chi connectivity index (χ2v) is 6.35. The van der Waals surface area contributed by atoms with Crippen molar-refractivity contribution in [2.75, 3.05) is 11.9 Å². The van der Waals surface area contributed by atoms with E-state index in [9.17, 15) is 4.79 Å². The molecule has 5 heteroatoms. The van der Waals surface area contributed by atoms with Crippen LogP contribution in [0.1, 0.15) is 23.6 Å². The molecule has 3 rings (SSSR count). The maximum atomic E-state index is 12.4. The van der Waals surface area contributed by atoms with E-state index in [1.54, 1.807) is 6.07 Å². The standard InChI is InChI=1S/C17H17N3OS/c1-12(16(21)19-17-14(10-18)7-9-22-17)20-8-6-13-4-2-3-5-15(13)11-20/h2-5,7,9,12H,6,8,11H2,1H3,(H,19,21). The van der Waals surface area contributed by atoms with Crippen LogP contribution in [0.25, 0.3) is 0 Å². The highest BCUT2D eigenvalue weighted by Crippen LogP contribution is 2.24. The summed E-state index contributed by atoms with van der Waals surface area (Å²) >= 11 is 1.38. The van der Waals surface area contributed by atoms with E-state index in [2.05, 4.69) is 34.5 Å². The number of fused-ring (bicyclic) bond motifs is 1. The van der Waals surface area contributed by atoms with Crippen molar-refractivity contribution >= 4 is 22.2 Å². The van der Waals surface area contributed by atoms with Crippen molar-refractivity contribution in [3.8, 4) is 6.07 Å². The second kappa shape index (κ2) is 6.30. The number of nitrogens with zero attached hydrogens (tertiary/aromatic N) is 2. The maximum absolute atomic E-state index is 12.4. The predicted octanol–water partition coefficient (Wildman–Crippen LogP) is 3.01. The lowest BCUT2D eigenvalue weighted by molar-refractivity contribution is -0.121. The second-order valence-electron chi connectivity index (χ2n) is 5.43. The van der Waals surface area contributed by atoms with E-state index in [0.717, 1.165) is 19.5 Å². The fourth-order valence-corrected chi connectivity index (χ4v) is 3.46. The highest BCUT2D eigenvalue weighted by Gasteiger charge is 2.25. The van der Waals surface area contributed by atoms with Crippen molar-refractivity contribution in [1.82, 2.24) is 4.90 Å². The van der Waals surface area contributed by atoms with E-state index in [4.69, 9.17) is 5.26 Å². The largest absolute Gasteiger partial charge is 0.315 e. The molecule has 1 aliphatic rings. The zero-order chi connectivity index (χ0) is 15.5. The Hall–Kier alpha value is -2.16. The zero-order valence-corrected chi connectivity index (χ0v) is 13.2. The number of anilines is 1. The van der Waals surface area contributed by atoms with Crippen LogP contribution in [0.2, 0.25) is 0 Å². The molecular weight excluding hydrogens is 294 g/mol. The summed E-state index contributed by atoms with van der Waals surface area (Å²) in [5.74, 6) is -0.0571. The molecule has 1 aliphatic heterocycles. The molecule has 1 N–H and O–H groups in total. The number of carbonyl (C=O) groups is 1. The topological polar surface area (TPSA) is 56.1 Å². The number of amides is 1. The van der Waals surface area contributed by atoms with Crippen molar-refractivity contribution in [3.05, 3.63) is 52.4 Å². The summed E-state index contributed by atoms with van der Waals surface area (Å²) in [4.78, 5) is 14.6. The van der Waals surface area contributed by atoms with Gasteiger partial charge in [0.05, 0.1) is 11.6 Å². The van der Waals surface area contributed by atoms with Gasteiger partial charge in [0.1, 0.15) is 11.1 Å². The van der Waals surface area contributed by atoms with Gasteiger partial charge in [0.15, 0.2) is 0 Å². The van der Waals surface area contributed by atoms with Crippen LogP contribution >= 0.6 is 11.3 Å². The first-order valence-corrected chi connectivity index (χ1v) is 8.16. The van der Waals surface area contributed by atoms with E-state index in [-0.39, 0.29) is 11.9 Å². The first-order chi connectivity index (χ1) is 10.7. The first-order valence-electron chi connectivity index (χ1n) is 7.28. The third kappa shape index (κ3) is 2.89. The normalized spacial score (nSPS) is 15.6. The number of hydrogen-bond acceptors (Lipinski definition) is 4. The van der Waals surface area contributed by atoms with Gasteiger partial charge in [0, 0.05) is 13.1 Å². The summed E-state index contributed by atoms with van der Waals surface area (Å²) in [6.45, 7) is 3.59. The molecule has 2 heterocycles. The molecule has 0 saturated heterocycles. The summed E-state index contributed by atoms with van der Waals surface area (Å²) in [5.41, 5.74) is 3.19. The van der Waals surface area contributed by atoms with Gasteiger partial charge >= 0.3 is 0 Å². The molecule has 4 nitrogen and oxygen atoms in total. The molecule has 1 amide bonds. The quantitative estimate of drug-likeness (QED) is 0.948. The van der Waals surface area contributed by atoms with Gasteiger partial charge in [-0.3, -0.25) is 9.69 Å². The van der Waals surface area contributed by atoms with Gasteiger partial charge in [-0.25, -0.2) is 0 Å². The molecule has 0 spiro atoms. The maximum Gasteiger partial charge on any atom is 0.242 e. The minimum absolute atomic E-state index is 0.0571. The van der Waals surface area contributed by atoms with Crippen molar-refractivity contribution in [1.29, 1.82) is 5.26 Å². The van der Waals surface area contributed by atoms with Crippen LogP contribution in [0.15, 0.2) is 35.7 Å². The zero-order valence-electron chi connectivity index (χ0n) is 12.4. The Labute approximate surface area is 134 Å². The third-order valence-electron chi connectivity index (χ3n) is 4.11. The van der Waals surface area contributed by atoms with Gasteiger partial charge in [-0.05, 0) is 35.9 Å². The Kier molecular flexibility index (Phi) is 4.23. The highest BCUT2D eigenvalue weighted by atomic mass is 32.1. The monoisotopic (exact) mass is 311 g/mol. The summed E-state index contributed by atoms with van der Waals surface area (Å²) in [6.07, 6.45) is 0.968. The van der Waals surface area contributed by atoms with Crippen molar-refractivity contribution in [2.24, 2.45) is 0 Å². The average Bonchev–Trinajstić information content (AvgIpc) is 3.00. The Bertz CT molecular complexity index is 732. The van der Waals surface area contributed by atoms with Crippen LogP contribution in [0.3, 0.4) is 0 Å². The van der Waals surface area contributed by atoms with E-state index in [1.165, 1.54) is 22.5 Å². The third-order valence-corrected chi connectivity index (χ3v) is 4.94. The molecule has 1 atom stereocenters. The molecule has 0 fully saturated rings. The molecule has 1 unspecified atom stereocenters. The molecule has 1 aromatic carbocycles. The summed E-state index contributed by atoms with van der Waals surface area (Å²) in [6, 6.07) is 12.0. The van der Waals surface area contributed by atoms with E-state index in [1.807, 2.05) is 18.4 Å². The minimum Gasteiger partial charge on any atom is -0.315 e. The Morgan fingerprint density at radius 2 is 2.14 bits per heavy atom.